The molecule has 0 aliphatic carbocycles. The van der Waals surface area contributed by atoms with E-state index in [0.717, 1.165) is 33.7 Å². The topological polar surface area (TPSA) is 53.4 Å². The van der Waals surface area contributed by atoms with Crippen molar-refractivity contribution in [3.8, 4) is 11.3 Å². The molecule has 247 valence electrons. The molecule has 5 heteroatoms. The molecule has 1 radical (unpaired) electrons. The van der Waals surface area contributed by atoms with Gasteiger partial charge in [0.25, 0.3) is 0 Å². The van der Waals surface area contributed by atoms with Crippen molar-refractivity contribution in [1.82, 2.24) is 4.98 Å². The Morgan fingerprint density at radius 3 is 2.08 bits per heavy atom. The largest absolute Gasteiger partial charge is 0.512 e. The minimum atomic E-state index is -0.417. The molecule has 6 aromatic carbocycles. The first kappa shape index (κ1) is 34.0. The van der Waals surface area contributed by atoms with Gasteiger partial charge >= 0.3 is 0 Å². The standard InChI is InChI=1S/C33H19N2.C11H20O2.Ir/c1-2-11-24(12-3-1)35-30-19-23-10-5-4-9-22(23)18-29(30)33-32-27(16-17-34-33)26-15-14-21-8-6-7-13-25(21)28(26)20-31(32)35;1-10(2,3)8(12)7-9(13)11(4,5)6;/h1-17,19-20H;7,12H,1-6H3;/q-1;;/b;8-7-;. The Labute approximate surface area is 301 Å². The first-order chi connectivity index (χ1) is 22.9. The number of carbonyl (C=O) groups is 1. The van der Waals surface area contributed by atoms with Gasteiger partial charge in [-0.05, 0) is 62.3 Å². The fraction of sp³-hybridized carbons (Fsp3) is 0.182. The number of ketones is 1. The Balaban J connectivity index is 0.000000257. The predicted octanol–water partition coefficient (Wildman–Crippen LogP) is 12.0. The number of hydrogen-bond donors (Lipinski definition) is 1. The predicted molar refractivity (Wildman–Crippen MR) is 201 cm³/mol. The van der Waals surface area contributed by atoms with E-state index in [0.29, 0.717) is 0 Å². The van der Waals surface area contributed by atoms with E-state index in [-0.39, 0.29) is 37.1 Å². The summed E-state index contributed by atoms with van der Waals surface area (Å²) in [6.07, 6.45) is 3.28. The van der Waals surface area contributed by atoms with E-state index in [2.05, 4.69) is 120 Å². The SMILES string of the molecule is CC(C)(C)C(=O)/C=C(\O)C(C)(C)C.[Ir].[c-]1c2c(cc3ccccc13)N(c1ccccc1)c1cc3c4ccccc4ccc3c3ccnc-2c13. The molecule has 0 saturated heterocycles. The summed E-state index contributed by atoms with van der Waals surface area (Å²) in [7, 11) is 0. The molecule has 0 saturated carbocycles. The van der Waals surface area contributed by atoms with Crippen molar-refractivity contribution >= 4 is 65.9 Å². The number of pyridine rings is 1. The molecule has 0 amide bonds. The second-order valence-corrected chi connectivity index (χ2v) is 14.5. The van der Waals surface area contributed by atoms with Crippen LogP contribution in [-0.2, 0) is 24.9 Å². The molecule has 49 heavy (non-hydrogen) atoms. The average Bonchev–Trinajstić information content (AvgIpc) is 3.07. The van der Waals surface area contributed by atoms with E-state index in [4.69, 9.17) is 4.98 Å². The number of aromatic nitrogens is 1. The minimum Gasteiger partial charge on any atom is -0.512 e. The van der Waals surface area contributed by atoms with Crippen molar-refractivity contribution in [1.29, 1.82) is 0 Å². The van der Waals surface area contributed by atoms with Gasteiger partial charge in [0.05, 0.1) is 0 Å². The normalized spacial score (nSPS) is 12.8. The summed E-state index contributed by atoms with van der Waals surface area (Å²) in [4.78, 5) is 18.8. The number of benzene rings is 6. The van der Waals surface area contributed by atoms with E-state index in [9.17, 15) is 9.90 Å². The molecule has 4 nitrogen and oxygen atoms in total. The number of fused-ring (bicyclic) bond motifs is 7. The molecule has 2 heterocycles. The molecule has 0 fully saturated rings. The summed E-state index contributed by atoms with van der Waals surface area (Å²) < 4.78 is 0. The van der Waals surface area contributed by atoms with Crippen LogP contribution < -0.4 is 4.90 Å². The maximum absolute atomic E-state index is 11.5. The second-order valence-electron chi connectivity index (χ2n) is 14.5. The number of aliphatic hydroxyl groups excluding tert-OH is 1. The fourth-order valence-corrected chi connectivity index (χ4v) is 6.26. The van der Waals surface area contributed by atoms with Gasteiger partial charge in [-0.25, -0.2) is 0 Å². The van der Waals surface area contributed by atoms with Gasteiger partial charge in [0.1, 0.15) is 5.76 Å². The number of hydrogen-bond acceptors (Lipinski definition) is 4. The number of para-hydroxylation sites is 1. The van der Waals surface area contributed by atoms with Crippen molar-refractivity contribution < 1.29 is 30.0 Å². The van der Waals surface area contributed by atoms with E-state index < -0.39 is 5.41 Å². The molecule has 7 aromatic rings. The van der Waals surface area contributed by atoms with Gasteiger partial charge in [-0.1, -0.05) is 131 Å². The van der Waals surface area contributed by atoms with Gasteiger partial charge in [0, 0.05) is 60.3 Å². The van der Waals surface area contributed by atoms with Gasteiger partial charge in [-0.3, -0.25) is 9.78 Å². The Bertz CT molecular complexity index is 2400. The van der Waals surface area contributed by atoms with E-state index >= 15 is 0 Å². The third-order valence-electron chi connectivity index (χ3n) is 9.03. The molecule has 0 atom stereocenters. The number of nitrogens with zero attached hydrogens (tertiary/aromatic N) is 2. The summed E-state index contributed by atoms with van der Waals surface area (Å²) in [5.74, 6) is 0.104. The summed E-state index contributed by atoms with van der Waals surface area (Å²) in [6, 6.07) is 42.7. The van der Waals surface area contributed by atoms with Gasteiger partial charge in [-0.2, -0.15) is 0 Å². The quantitative estimate of drug-likeness (QED) is 0.0817. The van der Waals surface area contributed by atoms with Gasteiger partial charge in [-0.15, -0.1) is 17.5 Å². The molecule has 1 aliphatic heterocycles. The number of allylic oxidation sites excluding steroid dienone is 2. The van der Waals surface area contributed by atoms with E-state index in [1.807, 2.05) is 47.7 Å². The molecule has 8 rings (SSSR count). The molecule has 1 aliphatic rings. The van der Waals surface area contributed by atoms with Crippen LogP contribution >= 0.6 is 0 Å². The van der Waals surface area contributed by atoms with Crippen LogP contribution in [0.3, 0.4) is 0 Å². The van der Waals surface area contributed by atoms with Crippen LogP contribution in [0, 0.1) is 16.9 Å². The Morgan fingerprint density at radius 2 is 1.37 bits per heavy atom. The molecule has 1 N–H and O–H groups in total. The molecule has 0 unspecified atom stereocenters. The van der Waals surface area contributed by atoms with Crippen LogP contribution in [0.15, 0.2) is 127 Å². The summed E-state index contributed by atoms with van der Waals surface area (Å²) in [5.41, 5.74) is 4.69. The van der Waals surface area contributed by atoms with Crippen molar-refractivity contribution in [2.24, 2.45) is 10.8 Å². The zero-order valence-electron chi connectivity index (χ0n) is 28.6. The number of anilines is 3. The molecule has 1 aromatic heterocycles. The van der Waals surface area contributed by atoms with Crippen molar-refractivity contribution in [3.63, 3.8) is 0 Å². The maximum atomic E-state index is 11.5. The smallest absolute Gasteiger partial charge is 0.164 e. The number of aliphatic hydroxyl groups is 1. The van der Waals surface area contributed by atoms with Gasteiger partial charge in [0.2, 0.25) is 0 Å². The molecular weight excluding hydrogens is 781 g/mol. The van der Waals surface area contributed by atoms with Crippen LogP contribution in [-0.4, -0.2) is 15.9 Å². The minimum absolute atomic E-state index is 0. The van der Waals surface area contributed by atoms with Crippen LogP contribution in [0.25, 0.3) is 54.3 Å². The first-order valence-corrected chi connectivity index (χ1v) is 16.4. The summed E-state index contributed by atoms with van der Waals surface area (Å²) in [6.45, 7) is 11.1. The van der Waals surface area contributed by atoms with Crippen molar-refractivity contribution in [2.75, 3.05) is 4.90 Å². The maximum Gasteiger partial charge on any atom is 0.164 e. The Kier molecular flexibility index (Phi) is 8.96. The van der Waals surface area contributed by atoms with E-state index in [1.54, 1.807) is 0 Å². The molecular formula is C44H39IrN2O2-. The number of rotatable bonds is 2. The molecule has 0 bridgehead atoms. The number of carbonyl (C=O) groups excluding carboxylic acids is 1. The van der Waals surface area contributed by atoms with E-state index in [1.165, 1.54) is 43.8 Å². The van der Waals surface area contributed by atoms with Crippen LogP contribution in [0.4, 0.5) is 17.1 Å². The van der Waals surface area contributed by atoms with Gasteiger partial charge < -0.3 is 10.0 Å². The van der Waals surface area contributed by atoms with Crippen molar-refractivity contribution in [2.45, 2.75) is 41.5 Å². The summed E-state index contributed by atoms with van der Waals surface area (Å²) in [5, 5.41) is 19.3. The van der Waals surface area contributed by atoms with Crippen LogP contribution in [0.5, 0.6) is 0 Å². The third kappa shape index (κ3) is 6.25. The Hall–Kier alpha value is -4.83. The fourth-order valence-electron chi connectivity index (χ4n) is 6.26. The van der Waals surface area contributed by atoms with Crippen LogP contribution in [0.2, 0.25) is 0 Å². The summed E-state index contributed by atoms with van der Waals surface area (Å²) >= 11 is 0. The first-order valence-electron chi connectivity index (χ1n) is 16.4. The van der Waals surface area contributed by atoms with Crippen molar-refractivity contribution in [3.05, 3.63) is 133 Å². The zero-order chi connectivity index (χ0) is 33.8. The second kappa shape index (κ2) is 12.9. The monoisotopic (exact) mass is 820 g/mol. The van der Waals surface area contributed by atoms with Crippen LogP contribution in [0.1, 0.15) is 41.5 Å². The average molecular weight is 820 g/mol. The Morgan fingerprint density at radius 1 is 0.694 bits per heavy atom. The third-order valence-corrected chi connectivity index (χ3v) is 9.03. The molecule has 0 spiro atoms. The van der Waals surface area contributed by atoms with Gasteiger partial charge in [0.15, 0.2) is 5.78 Å². The zero-order valence-corrected chi connectivity index (χ0v) is 31.0.